The SMILES string of the molecule is Clc1ccccc1.Clc1ccccc1CC(Cl)(Cl)Cl. The molecule has 0 amide bonds. The lowest BCUT2D eigenvalue weighted by atomic mass is 10.2. The largest absolute Gasteiger partial charge is 0.194 e. The summed E-state index contributed by atoms with van der Waals surface area (Å²) in [5.41, 5.74) is 0.846. The fourth-order valence-corrected chi connectivity index (χ4v) is 2.05. The summed E-state index contributed by atoms with van der Waals surface area (Å²) in [5.74, 6) is 0. The van der Waals surface area contributed by atoms with Crippen LogP contribution in [0, 0.1) is 0 Å². The molecule has 0 radical (unpaired) electrons. The summed E-state index contributed by atoms with van der Waals surface area (Å²) in [4.78, 5) is 0. The van der Waals surface area contributed by atoms with Gasteiger partial charge in [0.2, 0.25) is 0 Å². The maximum atomic E-state index is 5.85. The number of hydrogen-bond donors (Lipinski definition) is 0. The van der Waals surface area contributed by atoms with Crippen LogP contribution in [-0.2, 0) is 6.42 Å². The highest BCUT2D eigenvalue weighted by Gasteiger charge is 2.21. The molecular weight excluding hydrogens is 345 g/mol. The normalized spacial score (nSPS) is 10.6. The maximum Gasteiger partial charge on any atom is 0.194 e. The van der Waals surface area contributed by atoms with Crippen molar-refractivity contribution in [3.05, 3.63) is 70.2 Å². The van der Waals surface area contributed by atoms with Gasteiger partial charge in [0.1, 0.15) is 0 Å². The smallest absolute Gasteiger partial charge is 0.0843 e. The van der Waals surface area contributed by atoms with Gasteiger partial charge in [0.05, 0.1) is 0 Å². The van der Waals surface area contributed by atoms with Crippen molar-refractivity contribution < 1.29 is 0 Å². The first-order chi connectivity index (χ1) is 8.88. The minimum atomic E-state index is -1.27. The Morgan fingerprint density at radius 2 is 1.26 bits per heavy atom. The van der Waals surface area contributed by atoms with Gasteiger partial charge in [-0.25, -0.2) is 0 Å². The highest BCUT2D eigenvalue weighted by molar-refractivity contribution is 6.67. The molecule has 19 heavy (non-hydrogen) atoms. The lowest BCUT2D eigenvalue weighted by Crippen LogP contribution is -2.06. The van der Waals surface area contributed by atoms with Crippen LogP contribution < -0.4 is 0 Å². The zero-order chi connectivity index (χ0) is 14.3. The third kappa shape index (κ3) is 7.91. The molecule has 0 atom stereocenters. The standard InChI is InChI=1S/C8H6Cl4.C6H5Cl/c9-7-4-2-1-3-6(7)5-8(10,11)12;7-6-4-2-1-3-5-6/h1-4H,5H2;1-5H. The van der Waals surface area contributed by atoms with Gasteiger partial charge in [-0.05, 0) is 23.8 Å². The van der Waals surface area contributed by atoms with Crippen LogP contribution in [-0.4, -0.2) is 3.79 Å². The molecule has 0 fully saturated rings. The van der Waals surface area contributed by atoms with E-state index in [2.05, 4.69) is 0 Å². The number of alkyl halides is 3. The van der Waals surface area contributed by atoms with E-state index in [0.717, 1.165) is 10.6 Å². The second-order valence-corrected chi connectivity index (χ2v) is 7.04. The van der Waals surface area contributed by atoms with E-state index in [0.29, 0.717) is 11.4 Å². The predicted molar refractivity (Wildman–Crippen MR) is 86.9 cm³/mol. The molecule has 0 aliphatic rings. The van der Waals surface area contributed by atoms with Crippen molar-refractivity contribution >= 4 is 58.0 Å². The lowest BCUT2D eigenvalue weighted by Gasteiger charge is -2.11. The molecule has 0 unspecified atom stereocenters. The van der Waals surface area contributed by atoms with Gasteiger partial charge in [-0.2, -0.15) is 0 Å². The van der Waals surface area contributed by atoms with Crippen molar-refractivity contribution in [1.82, 2.24) is 0 Å². The third-order valence-corrected chi connectivity index (χ3v) is 3.10. The summed E-state index contributed by atoms with van der Waals surface area (Å²) in [6.07, 6.45) is 0.331. The van der Waals surface area contributed by atoms with Gasteiger partial charge in [-0.1, -0.05) is 94.4 Å². The summed E-state index contributed by atoms with van der Waals surface area (Å²) >= 11 is 28.2. The molecule has 5 heteroatoms. The van der Waals surface area contributed by atoms with Crippen LogP contribution >= 0.6 is 58.0 Å². The van der Waals surface area contributed by atoms with Crippen LogP contribution in [0.5, 0.6) is 0 Å². The second kappa shape index (κ2) is 8.24. The van der Waals surface area contributed by atoms with Gasteiger partial charge in [0, 0.05) is 16.5 Å². The first-order valence-electron chi connectivity index (χ1n) is 5.39. The average molecular weight is 357 g/mol. The molecule has 0 heterocycles. The molecule has 0 spiro atoms. The van der Waals surface area contributed by atoms with Crippen molar-refractivity contribution in [3.63, 3.8) is 0 Å². The van der Waals surface area contributed by atoms with Crippen LogP contribution in [0.3, 0.4) is 0 Å². The molecule has 0 N–H and O–H groups in total. The fraction of sp³-hybridized carbons (Fsp3) is 0.143. The summed E-state index contributed by atoms with van der Waals surface area (Å²) in [5, 5.41) is 1.42. The van der Waals surface area contributed by atoms with Gasteiger partial charge in [-0.15, -0.1) is 0 Å². The highest BCUT2D eigenvalue weighted by atomic mass is 35.6. The topological polar surface area (TPSA) is 0 Å². The van der Waals surface area contributed by atoms with Gasteiger partial charge in [0.15, 0.2) is 3.79 Å². The minimum absolute atomic E-state index is 0.331. The molecule has 0 aliphatic heterocycles. The zero-order valence-electron chi connectivity index (χ0n) is 9.79. The van der Waals surface area contributed by atoms with Crippen LogP contribution in [0.4, 0.5) is 0 Å². The summed E-state index contributed by atoms with van der Waals surface area (Å²) in [7, 11) is 0. The molecule has 2 aromatic rings. The minimum Gasteiger partial charge on any atom is -0.0843 e. The van der Waals surface area contributed by atoms with Crippen LogP contribution in [0.25, 0.3) is 0 Å². The van der Waals surface area contributed by atoms with Crippen LogP contribution in [0.15, 0.2) is 54.6 Å². The van der Waals surface area contributed by atoms with Crippen molar-refractivity contribution in [3.8, 4) is 0 Å². The lowest BCUT2D eigenvalue weighted by molar-refractivity contribution is 1.02. The van der Waals surface area contributed by atoms with E-state index < -0.39 is 3.79 Å². The number of rotatable bonds is 1. The number of halogens is 5. The van der Waals surface area contributed by atoms with Gasteiger partial charge >= 0.3 is 0 Å². The molecule has 0 nitrogen and oxygen atoms in total. The van der Waals surface area contributed by atoms with E-state index in [1.807, 2.05) is 48.5 Å². The first kappa shape index (κ1) is 16.9. The molecule has 0 aromatic heterocycles. The Labute approximate surface area is 138 Å². The zero-order valence-corrected chi connectivity index (χ0v) is 13.6. The fourth-order valence-electron chi connectivity index (χ4n) is 1.27. The predicted octanol–water partition coefficient (Wildman–Crippen LogP) is 6.59. The molecular formula is C14H11Cl5. The van der Waals surface area contributed by atoms with Crippen molar-refractivity contribution in [2.45, 2.75) is 10.2 Å². The molecule has 2 rings (SSSR count). The van der Waals surface area contributed by atoms with Crippen LogP contribution in [0.1, 0.15) is 5.56 Å². The Bertz CT molecular complexity index is 491. The average Bonchev–Trinajstić information content (AvgIpc) is 2.32. The van der Waals surface area contributed by atoms with Crippen molar-refractivity contribution in [2.24, 2.45) is 0 Å². The Morgan fingerprint density at radius 3 is 1.68 bits per heavy atom. The highest BCUT2D eigenvalue weighted by Crippen LogP contribution is 2.32. The summed E-state index contributed by atoms with van der Waals surface area (Å²) in [6.45, 7) is 0. The van der Waals surface area contributed by atoms with E-state index >= 15 is 0 Å². The first-order valence-corrected chi connectivity index (χ1v) is 7.28. The molecule has 102 valence electrons. The molecule has 0 aliphatic carbocycles. The van der Waals surface area contributed by atoms with E-state index in [4.69, 9.17) is 58.0 Å². The number of hydrogen-bond acceptors (Lipinski definition) is 0. The van der Waals surface area contributed by atoms with Gasteiger partial charge in [-0.3, -0.25) is 0 Å². The van der Waals surface area contributed by atoms with Crippen molar-refractivity contribution in [1.29, 1.82) is 0 Å². The Kier molecular flexibility index (Phi) is 7.35. The Balaban J connectivity index is 0.000000218. The maximum absolute atomic E-state index is 5.85. The second-order valence-electron chi connectivity index (χ2n) is 3.68. The van der Waals surface area contributed by atoms with E-state index in [1.165, 1.54) is 0 Å². The Morgan fingerprint density at radius 1 is 0.737 bits per heavy atom. The van der Waals surface area contributed by atoms with Gasteiger partial charge in [0.25, 0.3) is 0 Å². The monoisotopic (exact) mass is 354 g/mol. The summed E-state index contributed by atoms with van der Waals surface area (Å²) in [6, 6.07) is 16.7. The van der Waals surface area contributed by atoms with E-state index in [-0.39, 0.29) is 0 Å². The number of benzene rings is 2. The van der Waals surface area contributed by atoms with Gasteiger partial charge < -0.3 is 0 Å². The molecule has 0 saturated heterocycles. The molecule has 0 saturated carbocycles. The van der Waals surface area contributed by atoms with E-state index in [9.17, 15) is 0 Å². The van der Waals surface area contributed by atoms with E-state index in [1.54, 1.807) is 6.07 Å². The Hall–Kier alpha value is -0.110. The van der Waals surface area contributed by atoms with Crippen molar-refractivity contribution in [2.75, 3.05) is 0 Å². The van der Waals surface area contributed by atoms with Crippen LogP contribution in [0.2, 0.25) is 10.0 Å². The summed E-state index contributed by atoms with van der Waals surface area (Å²) < 4.78 is -1.27. The molecule has 0 bridgehead atoms. The third-order valence-electron chi connectivity index (χ3n) is 2.08. The quantitative estimate of drug-likeness (QED) is 0.505. The molecule has 2 aromatic carbocycles.